The highest BCUT2D eigenvalue weighted by Crippen LogP contribution is 2.27. The zero-order valence-electron chi connectivity index (χ0n) is 12.3. The highest BCUT2D eigenvalue weighted by Gasteiger charge is 2.15. The van der Waals surface area contributed by atoms with Crippen LogP contribution in [0, 0.1) is 18.6 Å². The molecule has 0 radical (unpaired) electrons. The number of aryl methyl sites for hydroxylation is 2. The molecule has 0 unspecified atom stereocenters. The van der Waals surface area contributed by atoms with E-state index < -0.39 is 11.6 Å². The largest absolute Gasteiger partial charge is 0.330 e. The molecule has 1 heterocycles. The van der Waals surface area contributed by atoms with E-state index in [9.17, 15) is 8.78 Å². The summed E-state index contributed by atoms with van der Waals surface area (Å²) in [5.74, 6) is -1.04. The molecule has 0 aliphatic rings. The molecular formula is C17H17F2N3. The number of hydrogen-bond acceptors (Lipinski definition) is 2. The van der Waals surface area contributed by atoms with Gasteiger partial charge in [0.15, 0.2) is 11.6 Å². The van der Waals surface area contributed by atoms with Gasteiger partial charge in [0.1, 0.15) is 5.82 Å². The lowest BCUT2D eigenvalue weighted by Crippen LogP contribution is -2.07. The third-order valence-electron chi connectivity index (χ3n) is 3.65. The van der Waals surface area contributed by atoms with Gasteiger partial charge in [0, 0.05) is 24.2 Å². The number of benzene rings is 2. The van der Waals surface area contributed by atoms with Crippen LogP contribution < -0.4 is 5.73 Å². The summed E-state index contributed by atoms with van der Waals surface area (Å²) in [7, 11) is 0. The quantitative estimate of drug-likeness (QED) is 0.799. The fourth-order valence-corrected chi connectivity index (χ4v) is 2.60. The monoisotopic (exact) mass is 301 g/mol. The lowest BCUT2D eigenvalue weighted by atomic mass is 10.1. The Labute approximate surface area is 127 Å². The van der Waals surface area contributed by atoms with Crippen LogP contribution in [0.2, 0.25) is 0 Å². The van der Waals surface area contributed by atoms with E-state index in [1.54, 1.807) is 0 Å². The Morgan fingerprint density at radius 1 is 1.14 bits per heavy atom. The minimum Gasteiger partial charge on any atom is -0.330 e. The van der Waals surface area contributed by atoms with E-state index in [4.69, 9.17) is 5.73 Å². The van der Waals surface area contributed by atoms with Crippen molar-refractivity contribution >= 4 is 11.0 Å². The molecule has 114 valence electrons. The molecule has 2 aromatic carbocycles. The van der Waals surface area contributed by atoms with E-state index in [0.717, 1.165) is 23.6 Å². The zero-order valence-corrected chi connectivity index (χ0v) is 12.3. The van der Waals surface area contributed by atoms with Crippen molar-refractivity contribution in [1.82, 2.24) is 9.55 Å². The highest BCUT2D eigenvalue weighted by atomic mass is 19.2. The van der Waals surface area contributed by atoms with Gasteiger partial charge >= 0.3 is 0 Å². The number of halogens is 2. The van der Waals surface area contributed by atoms with Crippen LogP contribution in [0.5, 0.6) is 0 Å². The Bertz CT molecular complexity index is 824. The molecule has 22 heavy (non-hydrogen) atoms. The van der Waals surface area contributed by atoms with Crippen molar-refractivity contribution in [2.24, 2.45) is 5.73 Å². The summed E-state index contributed by atoms with van der Waals surface area (Å²) in [6.45, 7) is 3.13. The van der Waals surface area contributed by atoms with Crippen molar-refractivity contribution in [2.75, 3.05) is 6.54 Å². The van der Waals surface area contributed by atoms with Crippen molar-refractivity contribution in [3.63, 3.8) is 0 Å². The van der Waals surface area contributed by atoms with Gasteiger partial charge in [0.25, 0.3) is 0 Å². The van der Waals surface area contributed by atoms with Crippen molar-refractivity contribution < 1.29 is 8.78 Å². The second kappa shape index (κ2) is 5.85. The number of aromatic nitrogens is 2. The molecule has 5 heteroatoms. The third-order valence-corrected chi connectivity index (χ3v) is 3.65. The number of nitrogens with two attached hydrogens (primary N) is 1. The third kappa shape index (κ3) is 2.60. The van der Waals surface area contributed by atoms with Crippen LogP contribution in [-0.4, -0.2) is 16.1 Å². The van der Waals surface area contributed by atoms with Crippen LogP contribution in [0.4, 0.5) is 8.78 Å². The average Bonchev–Trinajstić information content (AvgIpc) is 2.83. The molecule has 1 aromatic heterocycles. The Balaban J connectivity index is 2.23. The van der Waals surface area contributed by atoms with E-state index in [0.29, 0.717) is 29.9 Å². The van der Waals surface area contributed by atoms with Gasteiger partial charge in [-0.2, -0.15) is 0 Å². The van der Waals surface area contributed by atoms with Gasteiger partial charge in [-0.1, -0.05) is 23.8 Å². The van der Waals surface area contributed by atoms with Gasteiger partial charge in [-0.15, -0.1) is 0 Å². The summed E-state index contributed by atoms with van der Waals surface area (Å²) in [6, 6.07) is 10.2. The van der Waals surface area contributed by atoms with Crippen LogP contribution in [0.1, 0.15) is 12.0 Å². The lowest BCUT2D eigenvalue weighted by molar-refractivity contribution is 0.510. The number of imidazole rings is 1. The van der Waals surface area contributed by atoms with E-state index >= 15 is 0 Å². The molecule has 0 saturated heterocycles. The zero-order chi connectivity index (χ0) is 15.7. The molecule has 0 aliphatic carbocycles. The van der Waals surface area contributed by atoms with Gasteiger partial charge in [-0.3, -0.25) is 0 Å². The Morgan fingerprint density at radius 3 is 2.64 bits per heavy atom. The normalized spacial score (nSPS) is 11.3. The first-order valence-corrected chi connectivity index (χ1v) is 7.22. The maximum Gasteiger partial charge on any atom is 0.161 e. The van der Waals surface area contributed by atoms with Gasteiger partial charge in [0.2, 0.25) is 0 Å². The molecule has 0 amide bonds. The van der Waals surface area contributed by atoms with Crippen molar-refractivity contribution in [2.45, 2.75) is 19.9 Å². The Hall–Kier alpha value is -2.27. The summed E-state index contributed by atoms with van der Waals surface area (Å²) in [4.78, 5) is 4.49. The summed E-state index contributed by atoms with van der Waals surface area (Å²) >= 11 is 0. The summed E-state index contributed by atoms with van der Waals surface area (Å²) in [5, 5.41) is 0. The van der Waals surface area contributed by atoms with Gasteiger partial charge in [-0.05, 0) is 26.0 Å². The molecule has 3 nitrogen and oxygen atoms in total. The van der Waals surface area contributed by atoms with E-state index in [2.05, 4.69) is 4.98 Å². The van der Waals surface area contributed by atoms with E-state index in [1.807, 2.05) is 35.8 Å². The number of fused-ring (bicyclic) bond motifs is 1. The molecule has 0 bridgehead atoms. The standard InChI is InChI=1S/C17H17F2N3/c1-11-4-2-5-12(8-11)17-21-15-9-13(18)14(19)10-16(15)22(17)7-3-6-20/h2,4-5,8-10H,3,6-7,20H2,1H3. The fraction of sp³-hybridized carbons (Fsp3) is 0.235. The smallest absolute Gasteiger partial charge is 0.161 e. The molecule has 0 spiro atoms. The molecule has 3 rings (SSSR count). The molecule has 3 aromatic rings. The van der Waals surface area contributed by atoms with E-state index in [-0.39, 0.29) is 0 Å². The Kier molecular flexibility index (Phi) is 3.90. The van der Waals surface area contributed by atoms with Crippen LogP contribution >= 0.6 is 0 Å². The summed E-state index contributed by atoms with van der Waals surface area (Å²) < 4.78 is 29.0. The minimum atomic E-state index is -0.883. The van der Waals surface area contributed by atoms with Crippen molar-refractivity contribution in [1.29, 1.82) is 0 Å². The predicted octanol–water partition coefficient (Wildman–Crippen LogP) is 3.64. The molecular weight excluding hydrogens is 284 g/mol. The predicted molar refractivity (Wildman–Crippen MR) is 83.5 cm³/mol. The summed E-state index contributed by atoms with van der Waals surface area (Å²) in [6.07, 6.45) is 0.739. The van der Waals surface area contributed by atoms with Gasteiger partial charge < -0.3 is 10.3 Å². The SMILES string of the molecule is Cc1cccc(-c2nc3cc(F)c(F)cc3n2CCCN)c1. The first-order valence-electron chi connectivity index (χ1n) is 7.22. The number of rotatable bonds is 4. The van der Waals surface area contributed by atoms with Crippen molar-refractivity contribution in [3.05, 3.63) is 53.6 Å². The second-order valence-electron chi connectivity index (χ2n) is 5.35. The van der Waals surface area contributed by atoms with Crippen LogP contribution in [0.25, 0.3) is 22.4 Å². The topological polar surface area (TPSA) is 43.8 Å². The summed E-state index contributed by atoms with van der Waals surface area (Å²) in [5.41, 5.74) is 8.66. The lowest BCUT2D eigenvalue weighted by Gasteiger charge is -2.09. The number of nitrogens with zero attached hydrogens (tertiary/aromatic N) is 2. The number of hydrogen-bond donors (Lipinski definition) is 1. The fourth-order valence-electron chi connectivity index (χ4n) is 2.60. The maximum absolute atomic E-state index is 13.6. The first kappa shape index (κ1) is 14.7. The average molecular weight is 301 g/mol. The highest BCUT2D eigenvalue weighted by molar-refractivity contribution is 5.81. The van der Waals surface area contributed by atoms with Crippen LogP contribution in [0.3, 0.4) is 0 Å². The molecule has 0 aliphatic heterocycles. The molecule has 0 atom stereocenters. The maximum atomic E-state index is 13.6. The molecule has 0 saturated carbocycles. The Morgan fingerprint density at radius 2 is 1.91 bits per heavy atom. The second-order valence-corrected chi connectivity index (χ2v) is 5.35. The van der Waals surface area contributed by atoms with E-state index in [1.165, 1.54) is 6.07 Å². The van der Waals surface area contributed by atoms with Gasteiger partial charge in [-0.25, -0.2) is 13.8 Å². The molecule has 2 N–H and O–H groups in total. The minimum absolute atomic E-state index is 0.451. The van der Waals surface area contributed by atoms with Crippen LogP contribution in [0.15, 0.2) is 36.4 Å². The molecule has 0 fully saturated rings. The van der Waals surface area contributed by atoms with Crippen molar-refractivity contribution in [3.8, 4) is 11.4 Å². The first-order chi connectivity index (χ1) is 10.6. The van der Waals surface area contributed by atoms with Crippen LogP contribution in [-0.2, 0) is 6.54 Å². The van der Waals surface area contributed by atoms with Gasteiger partial charge in [0.05, 0.1) is 11.0 Å².